The average molecular weight is 448 g/mol. The second-order valence-corrected chi connectivity index (χ2v) is 10.8. The van der Waals surface area contributed by atoms with Crippen LogP contribution in [0.15, 0.2) is 45.9 Å². The summed E-state index contributed by atoms with van der Waals surface area (Å²) in [7, 11) is -0.430. The summed E-state index contributed by atoms with van der Waals surface area (Å²) in [4.78, 5) is 13.7. The summed E-state index contributed by atoms with van der Waals surface area (Å²) in [6, 6.07) is 7.16. The maximum atomic E-state index is 12.5. The summed E-state index contributed by atoms with van der Waals surface area (Å²) in [6.45, 7) is 2.94. The lowest BCUT2D eigenvalue weighted by atomic mass is 10.3. The van der Waals surface area contributed by atoms with Crippen LogP contribution in [-0.4, -0.2) is 46.3 Å². The highest BCUT2D eigenvalue weighted by molar-refractivity contribution is 7.98. The van der Waals surface area contributed by atoms with Gasteiger partial charge in [0.15, 0.2) is 0 Å². The molecule has 0 saturated heterocycles. The van der Waals surface area contributed by atoms with Crippen molar-refractivity contribution in [3.63, 3.8) is 0 Å². The Bertz CT molecular complexity index is 1280. The van der Waals surface area contributed by atoms with Crippen molar-refractivity contribution in [1.29, 1.82) is 0 Å². The van der Waals surface area contributed by atoms with E-state index >= 15 is 0 Å². The molecule has 1 aromatic carbocycles. The number of hydrogen-bond donors (Lipinski definition) is 0. The summed E-state index contributed by atoms with van der Waals surface area (Å²) >= 11 is 3.26. The van der Waals surface area contributed by atoms with Gasteiger partial charge in [0.1, 0.15) is 17.2 Å². The smallest absolute Gasteiger partial charge is 0.242 e. The van der Waals surface area contributed by atoms with Crippen molar-refractivity contribution in [3.05, 3.63) is 41.8 Å². The summed E-state index contributed by atoms with van der Waals surface area (Å²) in [5.41, 5.74) is 2.60. The molecule has 0 aliphatic rings. The Hall–Kier alpha value is -2.01. The molecule has 29 heavy (non-hydrogen) atoms. The molecule has 7 nitrogen and oxygen atoms in total. The number of aromatic nitrogens is 4. The van der Waals surface area contributed by atoms with Crippen molar-refractivity contribution < 1.29 is 8.42 Å². The Kier molecular flexibility index (Phi) is 5.60. The lowest BCUT2D eigenvalue weighted by Gasteiger charge is -2.11. The molecule has 0 saturated carbocycles. The largest absolute Gasteiger partial charge is 0.327 e. The summed E-state index contributed by atoms with van der Waals surface area (Å²) in [6.07, 6.45) is 2.55. The highest BCUT2D eigenvalue weighted by atomic mass is 32.2. The molecule has 4 rings (SSSR count). The maximum Gasteiger partial charge on any atom is 0.242 e. The molecule has 0 aliphatic carbocycles. The molecule has 0 spiro atoms. The zero-order valence-corrected chi connectivity index (χ0v) is 18.8. The maximum absolute atomic E-state index is 12.5. The van der Waals surface area contributed by atoms with Crippen molar-refractivity contribution in [1.82, 2.24) is 23.8 Å². The van der Waals surface area contributed by atoms with E-state index in [-0.39, 0.29) is 4.90 Å². The normalized spacial score (nSPS) is 12.4. The fourth-order valence-corrected chi connectivity index (χ4v) is 5.93. The molecule has 3 aromatic heterocycles. The molecule has 0 radical (unpaired) electrons. The standard InChI is InChI=1S/C19H21N5O2S3/c1-4-8-24-16-6-5-13(29(25,26)23(2)3)10-15(16)22-17(24)11-28-19-18-14(7-9-27-18)20-12-21-19/h5-7,9-10,12H,4,8,11H2,1-3H3. The first kappa shape index (κ1) is 20.3. The third-order valence-electron chi connectivity index (χ3n) is 4.57. The zero-order valence-electron chi connectivity index (χ0n) is 16.4. The van der Waals surface area contributed by atoms with Crippen LogP contribution in [0.5, 0.6) is 0 Å². The molecule has 0 bridgehead atoms. The number of aryl methyl sites for hydroxylation is 1. The van der Waals surface area contributed by atoms with E-state index in [4.69, 9.17) is 4.98 Å². The van der Waals surface area contributed by atoms with Crippen LogP contribution in [0.25, 0.3) is 21.3 Å². The van der Waals surface area contributed by atoms with Gasteiger partial charge in [-0.3, -0.25) is 0 Å². The topological polar surface area (TPSA) is 81.0 Å². The van der Waals surface area contributed by atoms with Gasteiger partial charge in [0.05, 0.1) is 31.9 Å². The van der Waals surface area contributed by atoms with Gasteiger partial charge in [-0.1, -0.05) is 18.7 Å². The molecular formula is C19H21N5O2S3. The molecule has 0 aliphatic heterocycles. The Balaban J connectivity index is 1.71. The summed E-state index contributed by atoms with van der Waals surface area (Å²) in [5, 5.41) is 2.96. The molecule has 0 N–H and O–H groups in total. The second-order valence-electron chi connectivity index (χ2n) is 6.72. The number of fused-ring (bicyclic) bond motifs is 2. The quantitative estimate of drug-likeness (QED) is 0.315. The van der Waals surface area contributed by atoms with E-state index in [0.717, 1.165) is 39.5 Å². The number of benzene rings is 1. The summed E-state index contributed by atoms with van der Waals surface area (Å²) in [5.74, 6) is 1.56. The molecule has 0 amide bonds. The summed E-state index contributed by atoms with van der Waals surface area (Å²) < 4.78 is 29.4. The first-order valence-electron chi connectivity index (χ1n) is 9.14. The van der Waals surface area contributed by atoms with E-state index in [1.807, 2.05) is 17.5 Å². The van der Waals surface area contributed by atoms with Crippen LogP contribution < -0.4 is 0 Å². The minimum Gasteiger partial charge on any atom is -0.327 e. The van der Waals surface area contributed by atoms with Crippen LogP contribution in [-0.2, 0) is 22.3 Å². The average Bonchev–Trinajstić information content (AvgIpc) is 3.31. The van der Waals surface area contributed by atoms with E-state index in [1.54, 1.807) is 41.6 Å². The van der Waals surface area contributed by atoms with E-state index < -0.39 is 10.0 Å². The van der Waals surface area contributed by atoms with E-state index in [9.17, 15) is 8.42 Å². The Morgan fingerprint density at radius 3 is 2.76 bits per heavy atom. The van der Waals surface area contributed by atoms with Gasteiger partial charge in [-0.25, -0.2) is 27.7 Å². The number of thiophene rings is 1. The third-order valence-corrected chi connectivity index (χ3v) is 8.41. The third kappa shape index (κ3) is 3.77. The van der Waals surface area contributed by atoms with Crippen LogP contribution in [0.3, 0.4) is 0 Å². The van der Waals surface area contributed by atoms with Crippen molar-refractivity contribution in [2.75, 3.05) is 14.1 Å². The molecule has 152 valence electrons. The molecule has 4 aromatic rings. The molecule has 0 atom stereocenters. The second kappa shape index (κ2) is 8.02. The Morgan fingerprint density at radius 1 is 1.17 bits per heavy atom. The number of nitrogens with zero attached hydrogens (tertiary/aromatic N) is 5. The number of hydrogen-bond acceptors (Lipinski definition) is 7. The van der Waals surface area contributed by atoms with Gasteiger partial charge in [0, 0.05) is 20.6 Å². The van der Waals surface area contributed by atoms with Crippen LogP contribution in [0.4, 0.5) is 0 Å². The fourth-order valence-electron chi connectivity index (χ4n) is 3.12. The number of sulfonamides is 1. The van der Waals surface area contributed by atoms with E-state index in [0.29, 0.717) is 11.3 Å². The van der Waals surface area contributed by atoms with Crippen molar-refractivity contribution in [2.45, 2.75) is 35.6 Å². The van der Waals surface area contributed by atoms with Gasteiger partial charge in [-0.2, -0.15) is 0 Å². The lowest BCUT2D eigenvalue weighted by Crippen LogP contribution is -2.22. The van der Waals surface area contributed by atoms with Crippen molar-refractivity contribution >= 4 is 54.4 Å². The van der Waals surface area contributed by atoms with Crippen LogP contribution >= 0.6 is 23.1 Å². The van der Waals surface area contributed by atoms with Crippen molar-refractivity contribution in [3.8, 4) is 0 Å². The molecular weight excluding hydrogens is 426 g/mol. The number of imidazole rings is 1. The van der Waals surface area contributed by atoms with Gasteiger partial charge < -0.3 is 4.57 Å². The minimum absolute atomic E-state index is 0.256. The molecule has 3 heterocycles. The Morgan fingerprint density at radius 2 is 2.00 bits per heavy atom. The van der Waals surface area contributed by atoms with E-state index in [2.05, 4.69) is 21.5 Å². The fraction of sp³-hybridized carbons (Fsp3) is 0.316. The van der Waals surface area contributed by atoms with Crippen LogP contribution in [0.1, 0.15) is 19.2 Å². The van der Waals surface area contributed by atoms with Gasteiger partial charge >= 0.3 is 0 Å². The van der Waals surface area contributed by atoms with Crippen molar-refractivity contribution in [2.24, 2.45) is 0 Å². The SMILES string of the molecule is CCCn1c(CSc2ncnc3ccsc23)nc2cc(S(=O)(=O)N(C)C)ccc21. The van der Waals surface area contributed by atoms with Crippen LogP contribution in [0, 0.1) is 0 Å². The van der Waals surface area contributed by atoms with E-state index in [1.165, 1.54) is 18.4 Å². The highest BCUT2D eigenvalue weighted by Gasteiger charge is 2.20. The number of rotatable bonds is 7. The van der Waals surface area contributed by atoms with Crippen LogP contribution in [0.2, 0.25) is 0 Å². The van der Waals surface area contributed by atoms with Gasteiger partial charge in [0.2, 0.25) is 10.0 Å². The zero-order chi connectivity index (χ0) is 20.6. The number of thioether (sulfide) groups is 1. The molecule has 0 fully saturated rings. The molecule has 0 unspecified atom stereocenters. The minimum atomic E-state index is -3.49. The lowest BCUT2D eigenvalue weighted by molar-refractivity contribution is 0.521. The first-order chi connectivity index (χ1) is 13.9. The first-order valence-corrected chi connectivity index (χ1v) is 12.4. The predicted molar refractivity (Wildman–Crippen MR) is 118 cm³/mol. The van der Waals surface area contributed by atoms with Gasteiger partial charge in [-0.15, -0.1) is 11.3 Å². The predicted octanol–water partition coefficient (Wildman–Crippen LogP) is 3.99. The van der Waals surface area contributed by atoms with Gasteiger partial charge in [-0.05, 0) is 36.1 Å². The molecule has 10 heteroatoms. The monoisotopic (exact) mass is 447 g/mol. The Labute approximate surface area is 177 Å². The highest BCUT2D eigenvalue weighted by Crippen LogP contribution is 2.32. The van der Waals surface area contributed by atoms with Gasteiger partial charge in [0.25, 0.3) is 0 Å².